The molecule has 94 valence electrons. The first-order chi connectivity index (χ1) is 6.68. The summed E-state index contributed by atoms with van der Waals surface area (Å²) in [5.41, 5.74) is 0. The Labute approximate surface area is 93.3 Å². The van der Waals surface area contributed by atoms with E-state index in [4.69, 9.17) is 17.5 Å². The van der Waals surface area contributed by atoms with Crippen molar-refractivity contribution in [1.82, 2.24) is 0 Å². The molecule has 0 aromatic heterocycles. The molecule has 0 radical (unpaired) electrons. The Morgan fingerprint density at radius 1 is 1.00 bits per heavy atom. The molecule has 0 rings (SSSR count). The molecule has 5 nitrogen and oxygen atoms in total. The van der Waals surface area contributed by atoms with Crippen LogP contribution >= 0.6 is 0 Å². The van der Waals surface area contributed by atoms with E-state index >= 15 is 0 Å². The minimum absolute atomic E-state index is 1.26. The molecule has 0 amide bonds. The molecule has 0 aliphatic rings. The molecule has 0 atom stereocenters. The van der Waals surface area contributed by atoms with Crippen LogP contribution in [0.1, 0.15) is 33.6 Å². The summed E-state index contributed by atoms with van der Waals surface area (Å²) in [5.74, 6) is 0. The van der Waals surface area contributed by atoms with Crippen LogP contribution in [0.2, 0.25) is 0 Å². The van der Waals surface area contributed by atoms with Crippen molar-refractivity contribution < 1.29 is 22.0 Å². The second-order valence-electron chi connectivity index (χ2n) is 3.83. The summed E-state index contributed by atoms with van der Waals surface area (Å²) >= 11 is 0. The molecule has 0 aliphatic heterocycles. The van der Waals surface area contributed by atoms with Gasteiger partial charge in [0.2, 0.25) is 0 Å². The van der Waals surface area contributed by atoms with Crippen molar-refractivity contribution in [2.75, 3.05) is 26.7 Å². The van der Waals surface area contributed by atoms with Crippen LogP contribution in [-0.2, 0) is 10.4 Å². The molecule has 0 fully saturated rings. The topological polar surface area (TPSA) is 74.6 Å². The third kappa shape index (κ3) is 16.5. The Bertz CT molecular complexity index is 224. The first kappa shape index (κ1) is 17.2. The average Bonchev–Trinajstić information content (AvgIpc) is 2.02. The van der Waals surface area contributed by atoms with Gasteiger partial charge in [0.05, 0.1) is 26.7 Å². The molecule has 0 unspecified atom stereocenters. The molecule has 0 bridgehead atoms. The van der Waals surface area contributed by atoms with Crippen LogP contribution in [0.3, 0.4) is 0 Å². The zero-order valence-corrected chi connectivity index (χ0v) is 10.9. The molecule has 0 heterocycles. The maximum atomic E-state index is 8.74. The van der Waals surface area contributed by atoms with Gasteiger partial charge >= 0.3 is 10.4 Å². The van der Waals surface area contributed by atoms with E-state index in [1.807, 2.05) is 0 Å². The fraction of sp³-hybridized carbons (Fsp3) is 1.00. The minimum Gasteiger partial charge on any atom is -0.326 e. The lowest BCUT2D eigenvalue weighted by atomic mass is 10.3. The molecule has 0 aliphatic carbocycles. The number of hydrogen-bond acceptors (Lipinski definition) is 2. The van der Waals surface area contributed by atoms with Crippen LogP contribution in [0.25, 0.3) is 0 Å². The maximum absolute atomic E-state index is 8.74. The molecule has 6 heteroatoms. The zero-order valence-electron chi connectivity index (χ0n) is 10.1. The van der Waals surface area contributed by atoms with Gasteiger partial charge < -0.3 is 4.48 Å². The summed E-state index contributed by atoms with van der Waals surface area (Å²) in [7, 11) is -2.31. The maximum Gasteiger partial charge on any atom is 0.394 e. The third-order valence-corrected chi connectivity index (χ3v) is 2.29. The fourth-order valence-electron chi connectivity index (χ4n) is 1.51. The molecule has 0 aromatic rings. The Hall–Kier alpha value is -0.170. The van der Waals surface area contributed by atoms with Crippen molar-refractivity contribution in [2.45, 2.75) is 33.6 Å². The van der Waals surface area contributed by atoms with Crippen LogP contribution < -0.4 is 0 Å². The van der Waals surface area contributed by atoms with Gasteiger partial charge in [-0.25, -0.2) is 0 Å². The molecular formula is C9H24NO4S+. The van der Waals surface area contributed by atoms with E-state index in [1.54, 1.807) is 0 Å². The van der Waals surface area contributed by atoms with Gasteiger partial charge in [-0.05, 0) is 19.8 Å². The highest BCUT2D eigenvalue weighted by Crippen LogP contribution is 2.04. The fourth-order valence-corrected chi connectivity index (χ4v) is 1.51. The SMILES string of the molecule is CCC[N+](C)(CC)CCC.O=S(=O)(O)O. The number of hydrogen-bond donors (Lipinski definition) is 2. The van der Waals surface area contributed by atoms with Gasteiger partial charge in [-0.3, -0.25) is 9.11 Å². The molecule has 0 saturated carbocycles. The molecule has 0 spiro atoms. The standard InChI is InChI=1S/C9H22N.H2O4S/c1-5-8-10(4,7-3)9-6-2;1-5(2,3)4/h5-9H2,1-4H3;(H2,1,2,3,4)/q+1;. The Kier molecular flexibility index (Phi) is 9.23. The minimum atomic E-state index is -4.67. The summed E-state index contributed by atoms with van der Waals surface area (Å²) < 4.78 is 32.8. The molecule has 15 heavy (non-hydrogen) atoms. The lowest BCUT2D eigenvalue weighted by Crippen LogP contribution is -2.44. The summed E-state index contributed by atoms with van der Waals surface area (Å²) in [6, 6.07) is 0. The van der Waals surface area contributed by atoms with Gasteiger partial charge in [0.1, 0.15) is 0 Å². The van der Waals surface area contributed by atoms with Crippen molar-refractivity contribution in [1.29, 1.82) is 0 Å². The van der Waals surface area contributed by atoms with Crippen molar-refractivity contribution in [3.63, 3.8) is 0 Å². The Morgan fingerprint density at radius 3 is 1.40 bits per heavy atom. The molecule has 2 N–H and O–H groups in total. The largest absolute Gasteiger partial charge is 0.394 e. The lowest BCUT2D eigenvalue weighted by Gasteiger charge is -2.32. The third-order valence-electron chi connectivity index (χ3n) is 2.29. The number of nitrogens with zero attached hydrogens (tertiary/aromatic N) is 1. The van der Waals surface area contributed by atoms with Gasteiger partial charge in [0.15, 0.2) is 0 Å². The first-order valence-corrected chi connectivity index (χ1v) is 6.61. The van der Waals surface area contributed by atoms with E-state index in [9.17, 15) is 0 Å². The van der Waals surface area contributed by atoms with E-state index in [0.29, 0.717) is 0 Å². The van der Waals surface area contributed by atoms with Gasteiger partial charge in [0, 0.05) is 0 Å². The predicted molar refractivity (Wildman–Crippen MR) is 61.2 cm³/mol. The lowest BCUT2D eigenvalue weighted by molar-refractivity contribution is -0.907. The van der Waals surface area contributed by atoms with Gasteiger partial charge in [-0.2, -0.15) is 8.42 Å². The second kappa shape index (κ2) is 8.04. The van der Waals surface area contributed by atoms with E-state index in [2.05, 4.69) is 27.8 Å². The second-order valence-corrected chi connectivity index (χ2v) is 4.73. The van der Waals surface area contributed by atoms with E-state index in [-0.39, 0.29) is 0 Å². The molecule has 0 saturated heterocycles. The van der Waals surface area contributed by atoms with Crippen molar-refractivity contribution in [3.8, 4) is 0 Å². The monoisotopic (exact) mass is 242 g/mol. The Balaban J connectivity index is 0. The summed E-state index contributed by atoms with van der Waals surface area (Å²) in [4.78, 5) is 0. The molecular weight excluding hydrogens is 218 g/mol. The van der Waals surface area contributed by atoms with Crippen LogP contribution in [0.4, 0.5) is 0 Å². The van der Waals surface area contributed by atoms with Crippen LogP contribution in [0.5, 0.6) is 0 Å². The van der Waals surface area contributed by atoms with E-state index < -0.39 is 10.4 Å². The number of quaternary nitrogens is 1. The summed E-state index contributed by atoms with van der Waals surface area (Å²) in [6.07, 6.45) is 2.62. The normalized spacial score (nSPS) is 11.9. The number of rotatable bonds is 5. The highest BCUT2D eigenvalue weighted by Gasteiger charge is 2.15. The van der Waals surface area contributed by atoms with Crippen molar-refractivity contribution in [2.24, 2.45) is 0 Å². The van der Waals surface area contributed by atoms with Crippen LogP contribution in [-0.4, -0.2) is 48.7 Å². The predicted octanol–water partition coefficient (Wildman–Crippen LogP) is 1.62. The highest BCUT2D eigenvalue weighted by molar-refractivity contribution is 7.79. The zero-order chi connectivity index (χ0) is 12.5. The first-order valence-electron chi connectivity index (χ1n) is 5.22. The van der Waals surface area contributed by atoms with Gasteiger partial charge in [0.25, 0.3) is 0 Å². The van der Waals surface area contributed by atoms with Gasteiger partial charge in [-0.15, -0.1) is 0 Å². The average molecular weight is 242 g/mol. The van der Waals surface area contributed by atoms with Gasteiger partial charge in [-0.1, -0.05) is 13.8 Å². The van der Waals surface area contributed by atoms with Crippen molar-refractivity contribution in [3.05, 3.63) is 0 Å². The molecule has 0 aromatic carbocycles. The van der Waals surface area contributed by atoms with E-state index in [1.165, 1.54) is 37.0 Å². The smallest absolute Gasteiger partial charge is 0.326 e. The quantitative estimate of drug-likeness (QED) is 0.567. The van der Waals surface area contributed by atoms with Crippen molar-refractivity contribution >= 4 is 10.4 Å². The summed E-state index contributed by atoms with van der Waals surface area (Å²) in [5, 5.41) is 0. The summed E-state index contributed by atoms with van der Waals surface area (Å²) in [6.45, 7) is 10.8. The Morgan fingerprint density at radius 2 is 1.27 bits per heavy atom. The van der Waals surface area contributed by atoms with Crippen LogP contribution in [0, 0.1) is 0 Å². The highest BCUT2D eigenvalue weighted by atomic mass is 32.3. The van der Waals surface area contributed by atoms with E-state index in [0.717, 1.165) is 0 Å². The van der Waals surface area contributed by atoms with Crippen LogP contribution in [0.15, 0.2) is 0 Å².